The van der Waals surface area contributed by atoms with Crippen LogP contribution >= 0.6 is 0 Å². The fraction of sp³-hybridized carbons (Fsp3) is 0. The molecule has 174 valence electrons. The summed E-state index contributed by atoms with van der Waals surface area (Å²) < 4.78 is 75.2. The molecule has 0 unspecified atom stereocenters. The van der Waals surface area contributed by atoms with Crippen LogP contribution in [-0.2, 0) is 20.2 Å². The first-order valence-electron chi connectivity index (χ1n) is 9.80. The van der Waals surface area contributed by atoms with Gasteiger partial charge in [-0.2, -0.15) is 16.8 Å². The first-order chi connectivity index (χ1) is 16.1. The number of ether oxygens (including phenoxy) is 2. The molecule has 0 amide bonds. The highest BCUT2D eigenvalue weighted by Crippen LogP contribution is 2.40. The molecule has 4 aromatic rings. The van der Waals surface area contributed by atoms with Crippen molar-refractivity contribution < 1.29 is 35.4 Å². The van der Waals surface area contributed by atoms with Crippen molar-refractivity contribution in [1.29, 1.82) is 0 Å². The van der Waals surface area contributed by atoms with Crippen LogP contribution in [-0.4, -0.2) is 25.9 Å². The Hall–Kier alpha value is -3.70. The maximum Gasteiger partial charge on any atom is 0.294 e. The summed E-state index contributed by atoms with van der Waals surface area (Å²) in [6, 6.07) is 25.0. The van der Waals surface area contributed by atoms with Crippen LogP contribution in [0.2, 0.25) is 0 Å². The first-order valence-corrected chi connectivity index (χ1v) is 12.7. The molecule has 0 radical (unpaired) electrons. The zero-order valence-corrected chi connectivity index (χ0v) is 19.0. The molecule has 2 N–H and O–H groups in total. The van der Waals surface area contributed by atoms with Crippen molar-refractivity contribution in [2.75, 3.05) is 0 Å². The fourth-order valence-electron chi connectivity index (χ4n) is 3.17. The highest BCUT2D eigenvalue weighted by atomic mass is 32.2. The summed E-state index contributed by atoms with van der Waals surface area (Å²) in [5, 5.41) is 0. The maximum absolute atomic E-state index is 11.3. The number of para-hydroxylation sites is 2. The van der Waals surface area contributed by atoms with Crippen molar-refractivity contribution in [2.24, 2.45) is 0 Å². The standard InChI is InChI=1S/C24H18O8S2/c25-33(26,27)19-13-9-17(10-14-19)31-23-7-3-1-5-21(23)22-6-2-4-8-24(22)32-18-11-15-20(16-12-18)34(28,29)30/h1-16H,(H,25,26,27)(H,28,29,30). The zero-order chi connectivity index (χ0) is 24.3. The highest BCUT2D eigenvalue weighted by molar-refractivity contribution is 7.86. The van der Waals surface area contributed by atoms with E-state index in [1.54, 1.807) is 24.3 Å². The third-order valence-electron chi connectivity index (χ3n) is 4.76. The number of hydrogen-bond donors (Lipinski definition) is 2. The molecule has 0 aliphatic rings. The van der Waals surface area contributed by atoms with E-state index >= 15 is 0 Å². The van der Waals surface area contributed by atoms with Crippen molar-refractivity contribution in [3.8, 4) is 34.1 Å². The van der Waals surface area contributed by atoms with Crippen molar-refractivity contribution in [1.82, 2.24) is 0 Å². The molecule has 4 aromatic carbocycles. The molecule has 4 rings (SSSR count). The third kappa shape index (κ3) is 5.43. The van der Waals surface area contributed by atoms with Gasteiger partial charge in [0.2, 0.25) is 0 Å². The van der Waals surface area contributed by atoms with Gasteiger partial charge in [-0.05, 0) is 60.7 Å². The molecule has 0 spiro atoms. The Balaban J connectivity index is 1.65. The Kier molecular flexibility index (Phi) is 6.40. The highest BCUT2D eigenvalue weighted by Gasteiger charge is 2.15. The van der Waals surface area contributed by atoms with Crippen LogP contribution in [0.4, 0.5) is 0 Å². The van der Waals surface area contributed by atoms with Crippen molar-refractivity contribution >= 4 is 20.2 Å². The van der Waals surface area contributed by atoms with Crippen LogP contribution in [0.25, 0.3) is 11.1 Å². The second-order valence-corrected chi connectivity index (χ2v) is 9.93. The van der Waals surface area contributed by atoms with Gasteiger partial charge >= 0.3 is 0 Å². The Bertz CT molecular complexity index is 1410. The van der Waals surface area contributed by atoms with Crippen LogP contribution in [0, 0.1) is 0 Å². The molecule has 0 saturated heterocycles. The van der Waals surface area contributed by atoms with E-state index < -0.39 is 20.2 Å². The van der Waals surface area contributed by atoms with E-state index in [0.717, 1.165) is 0 Å². The summed E-state index contributed by atoms with van der Waals surface area (Å²) in [5.74, 6) is 1.66. The normalized spacial score (nSPS) is 11.7. The Morgan fingerprint density at radius 1 is 0.471 bits per heavy atom. The van der Waals surface area contributed by atoms with Crippen molar-refractivity contribution in [3.05, 3.63) is 97.1 Å². The van der Waals surface area contributed by atoms with E-state index in [1.165, 1.54) is 48.5 Å². The minimum atomic E-state index is -4.31. The quantitative estimate of drug-likeness (QED) is 0.323. The average Bonchev–Trinajstić information content (AvgIpc) is 2.80. The second-order valence-electron chi connectivity index (χ2n) is 7.09. The zero-order valence-electron chi connectivity index (χ0n) is 17.4. The van der Waals surface area contributed by atoms with E-state index in [1.807, 2.05) is 24.3 Å². The van der Waals surface area contributed by atoms with E-state index in [-0.39, 0.29) is 9.79 Å². The lowest BCUT2D eigenvalue weighted by Gasteiger charge is -2.15. The molecule has 0 saturated carbocycles. The van der Waals surface area contributed by atoms with Gasteiger partial charge in [-0.1, -0.05) is 36.4 Å². The monoisotopic (exact) mass is 498 g/mol. The molecule has 8 nitrogen and oxygen atoms in total. The Labute approximate surface area is 196 Å². The van der Waals surface area contributed by atoms with E-state index in [0.29, 0.717) is 34.1 Å². The predicted octanol–water partition coefficient (Wildman–Crippen LogP) is 5.43. The number of rotatable bonds is 7. The minimum absolute atomic E-state index is 0.244. The molecule has 34 heavy (non-hydrogen) atoms. The third-order valence-corrected chi connectivity index (χ3v) is 6.50. The van der Waals surface area contributed by atoms with Crippen LogP contribution < -0.4 is 9.47 Å². The van der Waals surface area contributed by atoms with Crippen LogP contribution in [0.1, 0.15) is 0 Å². The molecular formula is C24H18O8S2. The maximum atomic E-state index is 11.3. The largest absolute Gasteiger partial charge is 0.457 e. The Morgan fingerprint density at radius 3 is 1.12 bits per heavy atom. The summed E-state index contributed by atoms with van der Waals surface area (Å²) in [6.07, 6.45) is 0. The summed E-state index contributed by atoms with van der Waals surface area (Å²) >= 11 is 0. The van der Waals surface area contributed by atoms with Crippen LogP contribution in [0.5, 0.6) is 23.0 Å². The lowest BCUT2D eigenvalue weighted by Crippen LogP contribution is -1.98. The van der Waals surface area contributed by atoms with Gasteiger partial charge in [0, 0.05) is 11.1 Å². The van der Waals surface area contributed by atoms with E-state index in [4.69, 9.17) is 18.6 Å². The second kappa shape index (κ2) is 9.27. The van der Waals surface area contributed by atoms with E-state index in [2.05, 4.69) is 0 Å². The predicted molar refractivity (Wildman–Crippen MR) is 125 cm³/mol. The molecule has 0 atom stereocenters. The number of benzene rings is 4. The summed E-state index contributed by atoms with van der Waals surface area (Å²) in [4.78, 5) is -0.487. The molecule has 0 bridgehead atoms. The molecule has 0 fully saturated rings. The SMILES string of the molecule is O=S(=O)(O)c1ccc(Oc2ccccc2-c2ccccc2Oc2ccc(S(=O)(=O)O)cc2)cc1. The van der Waals surface area contributed by atoms with E-state index in [9.17, 15) is 16.8 Å². The van der Waals surface area contributed by atoms with Gasteiger partial charge in [0.05, 0.1) is 9.79 Å². The Morgan fingerprint density at radius 2 is 0.794 bits per heavy atom. The van der Waals surface area contributed by atoms with Crippen LogP contribution in [0.3, 0.4) is 0 Å². The topological polar surface area (TPSA) is 127 Å². The van der Waals surface area contributed by atoms with Gasteiger partial charge in [-0.25, -0.2) is 0 Å². The van der Waals surface area contributed by atoms with Crippen LogP contribution in [0.15, 0.2) is 107 Å². The first kappa shape index (κ1) is 23.5. The minimum Gasteiger partial charge on any atom is -0.457 e. The molecule has 0 aliphatic heterocycles. The van der Waals surface area contributed by atoms with Crippen molar-refractivity contribution in [3.63, 3.8) is 0 Å². The molecule has 10 heteroatoms. The molecule has 0 aliphatic carbocycles. The van der Waals surface area contributed by atoms with Gasteiger partial charge in [0.25, 0.3) is 20.2 Å². The van der Waals surface area contributed by atoms with Gasteiger partial charge < -0.3 is 9.47 Å². The molecular weight excluding hydrogens is 480 g/mol. The summed E-state index contributed by atoms with van der Waals surface area (Å²) in [6.45, 7) is 0. The molecule has 0 heterocycles. The van der Waals surface area contributed by atoms with Gasteiger partial charge in [-0.3, -0.25) is 9.11 Å². The lowest BCUT2D eigenvalue weighted by atomic mass is 10.0. The van der Waals surface area contributed by atoms with Gasteiger partial charge in [0.1, 0.15) is 23.0 Å². The number of hydrogen-bond acceptors (Lipinski definition) is 6. The average molecular weight is 499 g/mol. The smallest absolute Gasteiger partial charge is 0.294 e. The van der Waals surface area contributed by atoms with Gasteiger partial charge in [0.15, 0.2) is 0 Å². The summed E-state index contributed by atoms with van der Waals surface area (Å²) in [7, 11) is -8.62. The molecule has 0 aromatic heterocycles. The lowest BCUT2D eigenvalue weighted by molar-refractivity contribution is 0.473. The van der Waals surface area contributed by atoms with Gasteiger partial charge in [-0.15, -0.1) is 0 Å². The van der Waals surface area contributed by atoms with Crippen molar-refractivity contribution in [2.45, 2.75) is 9.79 Å². The summed E-state index contributed by atoms with van der Waals surface area (Å²) in [5.41, 5.74) is 1.37. The fourth-order valence-corrected chi connectivity index (χ4v) is 4.13.